The Kier molecular flexibility index (Phi) is 5.02. The highest BCUT2D eigenvalue weighted by atomic mass is 35.5. The number of thiophene rings is 1. The molecule has 0 radical (unpaired) electrons. The number of anilines is 1. The fraction of sp³-hybridized carbons (Fsp3) is 0.350. The van der Waals surface area contributed by atoms with Crippen LogP contribution >= 0.6 is 22.9 Å². The molecule has 0 saturated carbocycles. The molecule has 1 fully saturated rings. The number of piperazine rings is 1. The third-order valence-corrected chi connectivity index (χ3v) is 6.23. The summed E-state index contributed by atoms with van der Waals surface area (Å²) in [6.07, 6.45) is 1.63. The van der Waals surface area contributed by atoms with Crippen LogP contribution in [0.4, 0.5) is 5.82 Å². The molecule has 1 aliphatic rings. The molecule has 0 atom stereocenters. The molecule has 2 aromatic heterocycles. The van der Waals surface area contributed by atoms with Gasteiger partial charge in [-0.2, -0.15) is 0 Å². The van der Waals surface area contributed by atoms with Crippen LogP contribution in [0.25, 0.3) is 20.7 Å². The van der Waals surface area contributed by atoms with Crippen molar-refractivity contribution >= 4 is 44.9 Å². The molecular weight excluding hydrogens is 380 g/mol. The first kappa shape index (κ1) is 18.2. The van der Waals surface area contributed by atoms with Gasteiger partial charge in [0, 0.05) is 42.0 Å². The SMILES string of the molecule is CC(C)C(=O)N1CCN(c2ncnc3cc(-c4ccc(Cl)cc4)sc23)CC1. The number of amides is 1. The van der Waals surface area contributed by atoms with Gasteiger partial charge < -0.3 is 9.80 Å². The van der Waals surface area contributed by atoms with E-state index in [-0.39, 0.29) is 11.8 Å². The molecule has 5 nitrogen and oxygen atoms in total. The van der Waals surface area contributed by atoms with Gasteiger partial charge in [-0.3, -0.25) is 4.79 Å². The molecular formula is C20H21ClN4OS. The maximum Gasteiger partial charge on any atom is 0.225 e. The van der Waals surface area contributed by atoms with Crippen molar-refractivity contribution in [2.24, 2.45) is 5.92 Å². The van der Waals surface area contributed by atoms with Gasteiger partial charge in [-0.1, -0.05) is 37.6 Å². The van der Waals surface area contributed by atoms with Crippen LogP contribution in [0.5, 0.6) is 0 Å². The van der Waals surface area contributed by atoms with Gasteiger partial charge in [0.05, 0.1) is 10.2 Å². The standard InChI is InChI=1S/C20H21ClN4OS/c1-13(2)20(26)25-9-7-24(8-10-25)19-18-16(22-12-23-19)11-17(27-18)14-3-5-15(21)6-4-14/h3-6,11-13H,7-10H2,1-2H3. The van der Waals surface area contributed by atoms with Crippen LogP contribution in [0.2, 0.25) is 5.02 Å². The minimum absolute atomic E-state index is 0.0431. The molecule has 3 aromatic rings. The van der Waals surface area contributed by atoms with Crippen LogP contribution in [0, 0.1) is 5.92 Å². The normalized spacial score (nSPS) is 15.0. The van der Waals surface area contributed by atoms with Crippen molar-refractivity contribution in [3.05, 3.63) is 41.7 Å². The maximum absolute atomic E-state index is 12.2. The minimum Gasteiger partial charge on any atom is -0.352 e. The Bertz CT molecular complexity index is 962. The Labute approximate surface area is 167 Å². The van der Waals surface area contributed by atoms with Crippen molar-refractivity contribution in [2.75, 3.05) is 31.1 Å². The van der Waals surface area contributed by atoms with Gasteiger partial charge in [-0.25, -0.2) is 9.97 Å². The fourth-order valence-corrected chi connectivity index (χ4v) is 4.59. The van der Waals surface area contributed by atoms with Gasteiger partial charge >= 0.3 is 0 Å². The zero-order valence-corrected chi connectivity index (χ0v) is 16.9. The second-order valence-electron chi connectivity index (χ2n) is 7.00. The summed E-state index contributed by atoms with van der Waals surface area (Å²) in [4.78, 5) is 26.6. The van der Waals surface area contributed by atoms with Crippen molar-refractivity contribution in [1.29, 1.82) is 0 Å². The Morgan fingerprint density at radius 1 is 1.11 bits per heavy atom. The summed E-state index contributed by atoms with van der Waals surface area (Å²) in [5, 5.41) is 0.731. The average molecular weight is 401 g/mol. The van der Waals surface area contributed by atoms with Crippen molar-refractivity contribution in [1.82, 2.24) is 14.9 Å². The lowest BCUT2D eigenvalue weighted by Gasteiger charge is -2.36. The molecule has 1 aliphatic heterocycles. The van der Waals surface area contributed by atoms with E-state index < -0.39 is 0 Å². The summed E-state index contributed by atoms with van der Waals surface area (Å²) >= 11 is 7.70. The van der Waals surface area contributed by atoms with E-state index in [4.69, 9.17) is 11.6 Å². The number of aromatic nitrogens is 2. The molecule has 0 spiro atoms. The third-order valence-electron chi connectivity index (χ3n) is 4.81. The lowest BCUT2D eigenvalue weighted by atomic mass is 10.1. The third kappa shape index (κ3) is 3.64. The monoisotopic (exact) mass is 400 g/mol. The minimum atomic E-state index is 0.0431. The number of carbonyl (C=O) groups excluding carboxylic acids is 1. The molecule has 0 unspecified atom stereocenters. The lowest BCUT2D eigenvalue weighted by molar-refractivity contribution is -0.134. The largest absolute Gasteiger partial charge is 0.352 e. The van der Waals surface area contributed by atoms with Crippen LogP contribution in [-0.4, -0.2) is 47.0 Å². The lowest BCUT2D eigenvalue weighted by Crippen LogP contribution is -2.50. The zero-order chi connectivity index (χ0) is 19.0. The Hall–Kier alpha value is -2.18. The van der Waals surface area contributed by atoms with Gasteiger partial charge in [-0.05, 0) is 23.8 Å². The molecule has 7 heteroatoms. The number of benzene rings is 1. The molecule has 4 rings (SSSR count). The van der Waals surface area contributed by atoms with E-state index in [1.807, 2.05) is 43.0 Å². The number of fused-ring (bicyclic) bond motifs is 1. The van der Waals surface area contributed by atoms with Crippen molar-refractivity contribution in [2.45, 2.75) is 13.8 Å². The fourth-order valence-electron chi connectivity index (χ4n) is 3.33. The highest BCUT2D eigenvalue weighted by Gasteiger charge is 2.25. The molecule has 0 N–H and O–H groups in total. The first-order valence-corrected chi connectivity index (χ1v) is 10.3. The van der Waals surface area contributed by atoms with E-state index in [1.165, 1.54) is 0 Å². The van der Waals surface area contributed by atoms with E-state index in [0.29, 0.717) is 0 Å². The van der Waals surface area contributed by atoms with Gasteiger partial charge in [0.25, 0.3) is 0 Å². The predicted octanol–water partition coefficient (Wildman–Crippen LogP) is 4.32. The quantitative estimate of drug-likeness (QED) is 0.657. The summed E-state index contributed by atoms with van der Waals surface area (Å²) in [5.41, 5.74) is 2.08. The molecule has 1 aromatic carbocycles. The maximum atomic E-state index is 12.2. The van der Waals surface area contributed by atoms with E-state index >= 15 is 0 Å². The Morgan fingerprint density at radius 2 is 1.81 bits per heavy atom. The summed E-state index contributed by atoms with van der Waals surface area (Å²) in [7, 11) is 0. The second kappa shape index (κ2) is 7.44. The van der Waals surface area contributed by atoms with E-state index in [9.17, 15) is 4.79 Å². The summed E-state index contributed by atoms with van der Waals surface area (Å²) < 4.78 is 1.09. The van der Waals surface area contributed by atoms with E-state index in [0.717, 1.165) is 57.7 Å². The number of hydrogen-bond donors (Lipinski definition) is 0. The van der Waals surface area contributed by atoms with Gasteiger partial charge in [-0.15, -0.1) is 11.3 Å². The first-order chi connectivity index (χ1) is 13.0. The average Bonchev–Trinajstić information content (AvgIpc) is 3.12. The van der Waals surface area contributed by atoms with E-state index in [2.05, 4.69) is 20.9 Å². The van der Waals surface area contributed by atoms with Crippen molar-refractivity contribution in [3.63, 3.8) is 0 Å². The van der Waals surface area contributed by atoms with Gasteiger partial charge in [0.2, 0.25) is 5.91 Å². The number of halogens is 1. The Morgan fingerprint density at radius 3 is 2.48 bits per heavy atom. The molecule has 27 heavy (non-hydrogen) atoms. The van der Waals surface area contributed by atoms with Crippen LogP contribution in [0.1, 0.15) is 13.8 Å². The number of nitrogens with zero attached hydrogens (tertiary/aromatic N) is 4. The first-order valence-electron chi connectivity index (χ1n) is 9.07. The van der Waals surface area contributed by atoms with Gasteiger partial charge in [0.15, 0.2) is 0 Å². The van der Waals surface area contributed by atoms with Crippen molar-refractivity contribution in [3.8, 4) is 10.4 Å². The number of hydrogen-bond acceptors (Lipinski definition) is 5. The Balaban J connectivity index is 1.60. The van der Waals surface area contributed by atoms with Crippen LogP contribution in [0.15, 0.2) is 36.7 Å². The smallest absolute Gasteiger partial charge is 0.225 e. The van der Waals surface area contributed by atoms with E-state index in [1.54, 1.807) is 17.7 Å². The molecule has 3 heterocycles. The van der Waals surface area contributed by atoms with Crippen LogP contribution in [-0.2, 0) is 4.79 Å². The highest BCUT2D eigenvalue weighted by molar-refractivity contribution is 7.22. The van der Waals surface area contributed by atoms with Crippen LogP contribution < -0.4 is 4.90 Å². The molecule has 0 bridgehead atoms. The topological polar surface area (TPSA) is 49.3 Å². The van der Waals surface area contributed by atoms with Crippen LogP contribution in [0.3, 0.4) is 0 Å². The summed E-state index contributed by atoms with van der Waals surface area (Å²) in [6.45, 7) is 6.95. The summed E-state index contributed by atoms with van der Waals surface area (Å²) in [5.74, 6) is 1.23. The number of carbonyl (C=O) groups is 1. The second-order valence-corrected chi connectivity index (χ2v) is 8.48. The summed E-state index contributed by atoms with van der Waals surface area (Å²) in [6, 6.07) is 9.96. The number of rotatable bonds is 3. The highest BCUT2D eigenvalue weighted by Crippen LogP contribution is 2.37. The molecule has 0 aliphatic carbocycles. The molecule has 1 saturated heterocycles. The zero-order valence-electron chi connectivity index (χ0n) is 15.4. The molecule has 140 valence electrons. The van der Waals surface area contributed by atoms with Gasteiger partial charge in [0.1, 0.15) is 12.1 Å². The predicted molar refractivity (Wildman–Crippen MR) is 111 cm³/mol. The molecule has 1 amide bonds. The van der Waals surface area contributed by atoms with Crippen molar-refractivity contribution < 1.29 is 4.79 Å².